The van der Waals surface area contributed by atoms with Crippen LogP contribution in [0.15, 0.2) is 18.5 Å². The molecule has 0 bridgehead atoms. The van der Waals surface area contributed by atoms with Gasteiger partial charge in [-0.15, -0.1) is 0 Å². The standard InChI is InChI=1S/C7H12N4O2S/c1-6(2)10-14(12,13)11-7-8-4-3-5-9-7/h3-6,10H,1-2H3,(H,8,9,11). The van der Waals surface area contributed by atoms with Gasteiger partial charge < -0.3 is 0 Å². The Labute approximate surface area is 83.0 Å². The van der Waals surface area contributed by atoms with Crippen molar-refractivity contribution in [1.82, 2.24) is 14.7 Å². The van der Waals surface area contributed by atoms with Crippen LogP contribution in [0.3, 0.4) is 0 Å². The van der Waals surface area contributed by atoms with Gasteiger partial charge in [-0.3, -0.25) is 0 Å². The summed E-state index contributed by atoms with van der Waals surface area (Å²) in [6.45, 7) is 3.45. The van der Waals surface area contributed by atoms with Crippen molar-refractivity contribution in [2.45, 2.75) is 19.9 Å². The summed E-state index contributed by atoms with van der Waals surface area (Å²) in [6, 6.07) is 1.43. The van der Waals surface area contributed by atoms with E-state index in [1.807, 2.05) is 0 Å². The van der Waals surface area contributed by atoms with Crippen LogP contribution in [0.2, 0.25) is 0 Å². The zero-order valence-corrected chi connectivity index (χ0v) is 8.75. The van der Waals surface area contributed by atoms with Crippen LogP contribution in [-0.4, -0.2) is 24.4 Å². The van der Waals surface area contributed by atoms with Crippen molar-refractivity contribution in [2.75, 3.05) is 4.72 Å². The molecule has 1 aromatic heterocycles. The van der Waals surface area contributed by atoms with Gasteiger partial charge in [0.1, 0.15) is 0 Å². The molecule has 0 aliphatic rings. The minimum atomic E-state index is -3.56. The molecule has 0 saturated heterocycles. The molecule has 1 aromatic rings. The van der Waals surface area contributed by atoms with E-state index in [1.54, 1.807) is 19.9 Å². The lowest BCUT2D eigenvalue weighted by Crippen LogP contribution is -2.35. The maximum absolute atomic E-state index is 11.3. The summed E-state index contributed by atoms with van der Waals surface area (Å²) < 4.78 is 27.2. The lowest BCUT2D eigenvalue weighted by Gasteiger charge is -2.09. The average molecular weight is 216 g/mol. The van der Waals surface area contributed by atoms with E-state index in [1.165, 1.54) is 12.4 Å². The molecule has 6 nitrogen and oxygen atoms in total. The van der Waals surface area contributed by atoms with E-state index in [-0.39, 0.29) is 12.0 Å². The molecule has 0 radical (unpaired) electrons. The minimum absolute atomic E-state index is 0.0562. The Morgan fingerprint density at radius 1 is 1.29 bits per heavy atom. The molecule has 7 heteroatoms. The Hall–Kier alpha value is -1.21. The maximum atomic E-state index is 11.3. The molecule has 0 aliphatic carbocycles. The van der Waals surface area contributed by atoms with Crippen LogP contribution in [0.25, 0.3) is 0 Å². The van der Waals surface area contributed by atoms with Gasteiger partial charge in [0.2, 0.25) is 5.95 Å². The zero-order chi connectivity index (χ0) is 10.6. The third-order valence-electron chi connectivity index (χ3n) is 1.18. The van der Waals surface area contributed by atoms with Gasteiger partial charge in [0, 0.05) is 18.4 Å². The topological polar surface area (TPSA) is 84.0 Å². The molecule has 14 heavy (non-hydrogen) atoms. The van der Waals surface area contributed by atoms with Gasteiger partial charge >= 0.3 is 10.2 Å². The first-order valence-corrected chi connectivity index (χ1v) is 5.55. The normalized spacial score (nSPS) is 11.6. The van der Waals surface area contributed by atoms with Crippen LogP contribution >= 0.6 is 0 Å². The van der Waals surface area contributed by atoms with E-state index < -0.39 is 10.2 Å². The first kappa shape index (κ1) is 10.9. The van der Waals surface area contributed by atoms with E-state index >= 15 is 0 Å². The van der Waals surface area contributed by atoms with Crippen LogP contribution in [0.5, 0.6) is 0 Å². The number of aromatic nitrogens is 2. The number of nitrogens with zero attached hydrogens (tertiary/aromatic N) is 2. The fourth-order valence-corrected chi connectivity index (χ4v) is 1.84. The molecule has 1 rings (SSSR count). The Bertz CT molecular complexity index is 376. The predicted molar refractivity (Wildman–Crippen MR) is 52.8 cm³/mol. The van der Waals surface area contributed by atoms with Crippen LogP contribution in [-0.2, 0) is 10.2 Å². The Kier molecular flexibility index (Phi) is 3.37. The zero-order valence-electron chi connectivity index (χ0n) is 7.93. The molecule has 0 atom stereocenters. The van der Waals surface area contributed by atoms with Crippen LogP contribution < -0.4 is 9.44 Å². The van der Waals surface area contributed by atoms with Crippen LogP contribution in [0.1, 0.15) is 13.8 Å². The molecular weight excluding hydrogens is 204 g/mol. The highest BCUT2D eigenvalue weighted by atomic mass is 32.2. The number of anilines is 1. The second kappa shape index (κ2) is 4.34. The summed E-state index contributed by atoms with van der Waals surface area (Å²) in [5, 5.41) is 0. The third-order valence-corrected chi connectivity index (χ3v) is 2.42. The van der Waals surface area contributed by atoms with Crippen molar-refractivity contribution >= 4 is 16.2 Å². The summed E-state index contributed by atoms with van der Waals surface area (Å²) in [5.41, 5.74) is 0. The third kappa shape index (κ3) is 3.67. The van der Waals surface area contributed by atoms with Crippen molar-refractivity contribution in [3.05, 3.63) is 18.5 Å². The Morgan fingerprint density at radius 2 is 1.86 bits per heavy atom. The molecule has 0 spiro atoms. The Morgan fingerprint density at radius 3 is 2.36 bits per heavy atom. The summed E-state index contributed by atoms with van der Waals surface area (Å²) in [4.78, 5) is 7.46. The second-order valence-electron chi connectivity index (χ2n) is 2.95. The van der Waals surface area contributed by atoms with Gasteiger partial charge in [-0.05, 0) is 19.9 Å². The summed E-state index contributed by atoms with van der Waals surface area (Å²) in [5.74, 6) is 0.0562. The molecule has 0 fully saturated rings. The van der Waals surface area contributed by atoms with Crippen molar-refractivity contribution in [3.8, 4) is 0 Å². The first-order chi connectivity index (χ1) is 6.49. The summed E-state index contributed by atoms with van der Waals surface area (Å²) >= 11 is 0. The molecule has 2 N–H and O–H groups in total. The minimum Gasteiger partial charge on any atom is -0.238 e. The van der Waals surface area contributed by atoms with Gasteiger partial charge in [-0.25, -0.2) is 14.7 Å². The molecular formula is C7H12N4O2S. The molecule has 0 unspecified atom stereocenters. The fourth-order valence-electron chi connectivity index (χ4n) is 0.812. The lowest BCUT2D eigenvalue weighted by atomic mass is 10.4. The molecule has 0 aromatic carbocycles. The molecule has 0 amide bonds. The average Bonchev–Trinajstić information content (AvgIpc) is 2.02. The highest BCUT2D eigenvalue weighted by Crippen LogP contribution is 1.97. The van der Waals surface area contributed by atoms with Gasteiger partial charge in [-0.2, -0.15) is 13.1 Å². The molecule has 1 heterocycles. The van der Waals surface area contributed by atoms with Crippen molar-refractivity contribution in [1.29, 1.82) is 0 Å². The largest absolute Gasteiger partial charge is 0.301 e. The van der Waals surface area contributed by atoms with E-state index in [2.05, 4.69) is 19.4 Å². The van der Waals surface area contributed by atoms with Crippen LogP contribution in [0, 0.1) is 0 Å². The van der Waals surface area contributed by atoms with Crippen LogP contribution in [0.4, 0.5) is 5.95 Å². The maximum Gasteiger partial charge on any atom is 0.301 e. The predicted octanol–water partition coefficient (Wildman–Crippen LogP) is 0.131. The van der Waals surface area contributed by atoms with Gasteiger partial charge in [0.05, 0.1) is 0 Å². The van der Waals surface area contributed by atoms with Gasteiger partial charge in [0.25, 0.3) is 0 Å². The number of nitrogens with one attached hydrogen (secondary N) is 2. The van der Waals surface area contributed by atoms with E-state index in [0.717, 1.165) is 0 Å². The summed E-state index contributed by atoms with van der Waals surface area (Å²) in [7, 11) is -3.56. The number of hydrogen-bond acceptors (Lipinski definition) is 4. The number of rotatable bonds is 4. The van der Waals surface area contributed by atoms with Gasteiger partial charge in [0.15, 0.2) is 0 Å². The SMILES string of the molecule is CC(C)NS(=O)(=O)Nc1ncccn1. The van der Waals surface area contributed by atoms with E-state index in [0.29, 0.717) is 0 Å². The lowest BCUT2D eigenvalue weighted by molar-refractivity contribution is 0.575. The quantitative estimate of drug-likeness (QED) is 0.749. The van der Waals surface area contributed by atoms with Gasteiger partial charge in [-0.1, -0.05) is 0 Å². The molecule has 0 aliphatic heterocycles. The summed E-state index contributed by atoms with van der Waals surface area (Å²) in [6.07, 6.45) is 2.92. The first-order valence-electron chi connectivity index (χ1n) is 4.07. The van der Waals surface area contributed by atoms with Crippen molar-refractivity contribution < 1.29 is 8.42 Å². The highest BCUT2D eigenvalue weighted by Gasteiger charge is 2.11. The fraction of sp³-hybridized carbons (Fsp3) is 0.429. The second-order valence-corrected chi connectivity index (χ2v) is 4.40. The number of hydrogen-bond donors (Lipinski definition) is 2. The smallest absolute Gasteiger partial charge is 0.238 e. The monoisotopic (exact) mass is 216 g/mol. The molecule has 78 valence electrons. The molecule has 0 saturated carbocycles. The van der Waals surface area contributed by atoms with Crippen molar-refractivity contribution in [2.24, 2.45) is 0 Å². The van der Waals surface area contributed by atoms with E-state index in [9.17, 15) is 8.42 Å². The highest BCUT2D eigenvalue weighted by molar-refractivity contribution is 7.90. The van der Waals surface area contributed by atoms with Crippen molar-refractivity contribution in [3.63, 3.8) is 0 Å². The Balaban J connectivity index is 2.70. The van der Waals surface area contributed by atoms with E-state index in [4.69, 9.17) is 0 Å².